The lowest BCUT2D eigenvalue weighted by atomic mass is 10.2. The van der Waals surface area contributed by atoms with Crippen LogP contribution >= 0.6 is 11.6 Å². The summed E-state index contributed by atoms with van der Waals surface area (Å²) in [6.45, 7) is 6.46. The first kappa shape index (κ1) is 15.5. The van der Waals surface area contributed by atoms with E-state index in [0.717, 1.165) is 16.9 Å². The van der Waals surface area contributed by atoms with Crippen LogP contribution < -0.4 is 5.32 Å². The van der Waals surface area contributed by atoms with Crippen LogP contribution in [0.2, 0.25) is 5.02 Å². The van der Waals surface area contributed by atoms with E-state index in [9.17, 15) is 4.79 Å². The predicted octanol–water partition coefficient (Wildman–Crippen LogP) is 2.34. The molecule has 0 aliphatic carbocycles. The van der Waals surface area contributed by atoms with Gasteiger partial charge in [0, 0.05) is 11.6 Å². The molecule has 0 bridgehead atoms. The number of aromatic amines is 1. The third kappa shape index (κ3) is 3.83. The van der Waals surface area contributed by atoms with E-state index < -0.39 is 0 Å². The van der Waals surface area contributed by atoms with Gasteiger partial charge in [0.15, 0.2) is 0 Å². The molecule has 1 aromatic carbocycles. The first-order chi connectivity index (χ1) is 10.0. The number of carbonyl (C=O) groups is 1. The number of aromatic nitrogens is 2. The molecule has 0 aliphatic rings. The van der Waals surface area contributed by atoms with Crippen LogP contribution in [-0.2, 0) is 11.3 Å². The van der Waals surface area contributed by atoms with E-state index in [0.29, 0.717) is 18.1 Å². The van der Waals surface area contributed by atoms with Crippen molar-refractivity contribution >= 4 is 28.5 Å². The van der Waals surface area contributed by atoms with Crippen LogP contribution in [0.5, 0.6) is 0 Å². The Bertz CT molecular complexity index is 652. The normalized spacial score (nSPS) is 12.6. The summed E-state index contributed by atoms with van der Waals surface area (Å²) in [4.78, 5) is 21.5. The minimum absolute atomic E-state index is 0.0310. The molecule has 0 aliphatic heterocycles. The number of nitrogens with zero attached hydrogens (tertiary/aromatic N) is 2. The fourth-order valence-corrected chi connectivity index (χ4v) is 2.18. The summed E-state index contributed by atoms with van der Waals surface area (Å²) in [7, 11) is 1.89. The summed E-state index contributed by atoms with van der Waals surface area (Å²) in [5.41, 5.74) is 1.77. The molecule has 1 atom stereocenters. The minimum Gasteiger partial charge on any atom is -0.351 e. The number of likely N-dealkylation sites (N-methyl/N-ethyl adjacent to an activating group) is 1. The van der Waals surface area contributed by atoms with E-state index in [1.807, 2.05) is 37.1 Å². The van der Waals surface area contributed by atoms with Crippen molar-refractivity contribution in [3.05, 3.63) is 41.7 Å². The number of benzene rings is 1. The summed E-state index contributed by atoms with van der Waals surface area (Å²) in [6, 6.07) is 5.27. The number of H-pyrrole nitrogens is 1. The van der Waals surface area contributed by atoms with Gasteiger partial charge in [0.1, 0.15) is 5.82 Å². The highest BCUT2D eigenvalue weighted by Crippen LogP contribution is 2.17. The van der Waals surface area contributed by atoms with E-state index in [2.05, 4.69) is 21.9 Å². The molecule has 6 heteroatoms. The fourth-order valence-electron chi connectivity index (χ4n) is 2.00. The Balaban J connectivity index is 2.04. The van der Waals surface area contributed by atoms with E-state index in [4.69, 9.17) is 11.6 Å². The van der Waals surface area contributed by atoms with Crippen LogP contribution in [0.25, 0.3) is 11.0 Å². The van der Waals surface area contributed by atoms with Crippen molar-refractivity contribution in [1.29, 1.82) is 0 Å². The lowest BCUT2D eigenvalue weighted by Gasteiger charge is -2.22. The molecule has 112 valence electrons. The number of rotatable bonds is 6. The molecule has 0 fully saturated rings. The first-order valence-electron chi connectivity index (χ1n) is 6.74. The van der Waals surface area contributed by atoms with Crippen LogP contribution in [0.3, 0.4) is 0 Å². The molecule has 21 heavy (non-hydrogen) atoms. The molecule has 1 heterocycles. The van der Waals surface area contributed by atoms with Crippen LogP contribution in [0, 0.1) is 0 Å². The number of hydrogen-bond acceptors (Lipinski definition) is 3. The van der Waals surface area contributed by atoms with Gasteiger partial charge in [-0.2, -0.15) is 0 Å². The second-order valence-electron chi connectivity index (χ2n) is 4.97. The minimum atomic E-state index is -0.248. The fraction of sp³-hybridized carbons (Fsp3) is 0.333. The highest BCUT2D eigenvalue weighted by Gasteiger charge is 2.18. The van der Waals surface area contributed by atoms with Crippen LogP contribution in [0.4, 0.5) is 0 Å². The number of fused-ring (bicyclic) bond motifs is 1. The van der Waals surface area contributed by atoms with Crippen molar-refractivity contribution in [3.8, 4) is 0 Å². The predicted molar refractivity (Wildman–Crippen MR) is 85.2 cm³/mol. The largest absolute Gasteiger partial charge is 0.351 e. The maximum Gasteiger partial charge on any atom is 0.237 e. The molecule has 0 spiro atoms. The smallest absolute Gasteiger partial charge is 0.237 e. The molecule has 1 amide bonds. The maximum atomic E-state index is 11.9. The van der Waals surface area contributed by atoms with E-state index in [-0.39, 0.29) is 11.9 Å². The van der Waals surface area contributed by atoms with Crippen LogP contribution in [-0.4, -0.2) is 40.4 Å². The van der Waals surface area contributed by atoms with Gasteiger partial charge in [-0.05, 0) is 32.2 Å². The maximum absolute atomic E-state index is 11.9. The third-order valence-corrected chi connectivity index (χ3v) is 3.59. The molecule has 1 aromatic heterocycles. The zero-order chi connectivity index (χ0) is 15.4. The Morgan fingerprint density at radius 3 is 3.10 bits per heavy atom. The van der Waals surface area contributed by atoms with Crippen molar-refractivity contribution < 1.29 is 4.79 Å². The van der Waals surface area contributed by atoms with Gasteiger partial charge in [-0.25, -0.2) is 4.98 Å². The van der Waals surface area contributed by atoms with Crippen molar-refractivity contribution in [2.75, 3.05) is 13.6 Å². The molecule has 0 radical (unpaired) electrons. The quantitative estimate of drug-likeness (QED) is 0.805. The number of amides is 1. The lowest BCUT2D eigenvalue weighted by molar-refractivity contribution is -0.125. The van der Waals surface area contributed by atoms with Crippen molar-refractivity contribution in [2.24, 2.45) is 0 Å². The highest BCUT2D eigenvalue weighted by atomic mass is 35.5. The molecule has 2 rings (SSSR count). The molecule has 2 aromatic rings. The van der Waals surface area contributed by atoms with E-state index in [1.165, 1.54) is 0 Å². The number of halogens is 1. The molecule has 0 unspecified atom stereocenters. The SMILES string of the molecule is C=CCNC(=O)[C@H](C)N(C)Cc1nc2ccc(Cl)cc2[nH]1. The zero-order valence-electron chi connectivity index (χ0n) is 12.2. The Labute approximate surface area is 129 Å². The summed E-state index contributed by atoms with van der Waals surface area (Å²) < 4.78 is 0. The number of carbonyl (C=O) groups excluding carboxylic acids is 1. The molecular weight excluding hydrogens is 288 g/mol. The number of imidazole rings is 1. The molecule has 2 N–H and O–H groups in total. The van der Waals surface area contributed by atoms with E-state index >= 15 is 0 Å². The topological polar surface area (TPSA) is 61.0 Å². The Morgan fingerprint density at radius 2 is 2.38 bits per heavy atom. The molecular formula is C15H19ClN4O. The van der Waals surface area contributed by atoms with Gasteiger partial charge < -0.3 is 10.3 Å². The lowest BCUT2D eigenvalue weighted by Crippen LogP contribution is -2.43. The Morgan fingerprint density at radius 1 is 1.62 bits per heavy atom. The van der Waals surface area contributed by atoms with Crippen molar-refractivity contribution in [3.63, 3.8) is 0 Å². The van der Waals surface area contributed by atoms with Gasteiger partial charge in [-0.1, -0.05) is 17.7 Å². The second kappa shape index (κ2) is 6.74. The number of hydrogen-bond donors (Lipinski definition) is 2. The van der Waals surface area contributed by atoms with Crippen LogP contribution in [0.1, 0.15) is 12.7 Å². The Kier molecular flexibility index (Phi) is 4.98. The summed E-state index contributed by atoms with van der Waals surface area (Å²) in [5.74, 6) is 0.773. The molecule has 5 nitrogen and oxygen atoms in total. The van der Waals surface area contributed by atoms with E-state index in [1.54, 1.807) is 6.08 Å². The van der Waals surface area contributed by atoms with Gasteiger partial charge >= 0.3 is 0 Å². The van der Waals surface area contributed by atoms with Gasteiger partial charge in [-0.3, -0.25) is 9.69 Å². The van der Waals surface area contributed by atoms with Gasteiger partial charge in [0.05, 0.1) is 23.6 Å². The summed E-state index contributed by atoms with van der Waals surface area (Å²) >= 11 is 5.95. The van der Waals surface area contributed by atoms with Crippen LogP contribution in [0.15, 0.2) is 30.9 Å². The number of nitrogens with one attached hydrogen (secondary N) is 2. The summed E-state index contributed by atoms with van der Waals surface area (Å²) in [6.07, 6.45) is 1.66. The summed E-state index contributed by atoms with van der Waals surface area (Å²) in [5, 5.41) is 3.46. The average Bonchev–Trinajstić information content (AvgIpc) is 2.84. The average molecular weight is 307 g/mol. The molecule has 0 saturated carbocycles. The standard InChI is InChI=1S/C15H19ClN4O/c1-4-7-17-15(21)10(2)20(3)9-14-18-12-6-5-11(16)8-13(12)19-14/h4-6,8,10H,1,7,9H2,2-3H3,(H,17,21)(H,18,19)/t10-/m0/s1. The van der Waals surface area contributed by atoms with Gasteiger partial charge in [-0.15, -0.1) is 6.58 Å². The van der Waals surface area contributed by atoms with Crippen molar-refractivity contribution in [2.45, 2.75) is 19.5 Å². The molecule has 0 saturated heterocycles. The second-order valence-corrected chi connectivity index (χ2v) is 5.41. The monoisotopic (exact) mass is 306 g/mol. The van der Waals surface area contributed by atoms with Gasteiger partial charge in [0.2, 0.25) is 5.91 Å². The first-order valence-corrected chi connectivity index (χ1v) is 7.12. The third-order valence-electron chi connectivity index (χ3n) is 3.35. The Hall–Kier alpha value is -1.85. The highest BCUT2D eigenvalue weighted by molar-refractivity contribution is 6.31. The van der Waals surface area contributed by atoms with Gasteiger partial charge in [0.25, 0.3) is 0 Å². The zero-order valence-corrected chi connectivity index (χ0v) is 12.9. The van der Waals surface area contributed by atoms with Crippen molar-refractivity contribution in [1.82, 2.24) is 20.2 Å².